The topological polar surface area (TPSA) is 35.5 Å². The van der Waals surface area contributed by atoms with E-state index in [9.17, 15) is 4.39 Å². The molecule has 3 nitrogen and oxygen atoms in total. The van der Waals surface area contributed by atoms with Gasteiger partial charge >= 0.3 is 0 Å². The zero-order chi connectivity index (χ0) is 15.2. The van der Waals surface area contributed by atoms with Gasteiger partial charge in [-0.05, 0) is 48.9 Å². The number of nitrogens with zero attached hydrogens (tertiary/aromatic N) is 1. The van der Waals surface area contributed by atoms with Crippen LogP contribution in [0.25, 0.3) is 0 Å². The molecule has 0 saturated carbocycles. The largest absolute Gasteiger partial charge is 0.396 e. The van der Waals surface area contributed by atoms with Crippen molar-refractivity contribution in [2.45, 2.75) is 33.2 Å². The summed E-state index contributed by atoms with van der Waals surface area (Å²) in [5, 5.41) is 12.0. The van der Waals surface area contributed by atoms with Crippen molar-refractivity contribution < 1.29 is 9.50 Å². The number of hydrogen-bond acceptors (Lipinski definition) is 3. The van der Waals surface area contributed by atoms with E-state index in [4.69, 9.17) is 5.11 Å². The van der Waals surface area contributed by atoms with Gasteiger partial charge < -0.3 is 15.3 Å². The van der Waals surface area contributed by atoms with E-state index in [1.165, 1.54) is 6.42 Å². The van der Waals surface area contributed by atoms with Gasteiger partial charge in [-0.15, -0.1) is 0 Å². The molecule has 1 aliphatic rings. The third-order valence-corrected chi connectivity index (χ3v) is 4.06. The maximum Gasteiger partial charge on any atom is 0.146 e. The average molecular weight is 294 g/mol. The molecule has 2 atom stereocenters. The third-order valence-electron chi connectivity index (χ3n) is 4.06. The van der Waals surface area contributed by atoms with Crippen LogP contribution < -0.4 is 10.2 Å². The SMILES string of the molecule is CC1CC(C)CN(c2cc(CNCCCO)ccc2F)C1. The van der Waals surface area contributed by atoms with Crippen molar-refractivity contribution in [3.8, 4) is 0 Å². The first-order valence-electron chi connectivity index (χ1n) is 7.95. The predicted octanol–water partition coefficient (Wildman–Crippen LogP) is 2.78. The van der Waals surface area contributed by atoms with Crippen molar-refractivity contribution in [1.82, 2.24) is 5.32 Å². The standard InChI is InChI=1S/C17H27FN2O/c1-13-8-14(2)12-20(11-13)17-9-15(4-5-16(17)18)10-19-6-3-7-21/h4-5,9,13-14,19,21H,3,6-8,10-12H2,1-2H3. The Balaban J connectivity index is 2.04. The summed E-state index contributed by atoms with van der Waals surface area (Å²) in [4.78, 5) is 2.19. The minimum atomic E-state index is -0.129. The summed E-state index contributed by atoms with van der Waals surface area (Å²) in [7, 11) is 0. The zero-order valence-electron chi connectivity index (χ0n) is 13.1. The van der Waals surface area contributed by atoms with Crippen molar-refractivity contribution in [3.05, 3.63) is 29.6 Å². The highest BCUT2D eigenvalue weighted by molar-refractivity contribution is 5.50. The number of rotatable bonds is 6. The molecule has 2 N–H and O–H groups in total. The second-order valence-electron chi connectivity index (χ2n) is 6.39. The van der Waals surface area contributed by atoms with Gasteiger partial charge in [0.25, 0.3) is 0 Å². The molecular formula is C17H27FN2O. The quantitative estimate of drug-likeness (QED) is 0.792. The van der Waals surface area contributed by atoms with Crippen LogP contribution in [0, 0.1) is 17.7 Å². The number of aliphatic hydroxyl groups excluding tert-OH is 1. The molecule has 0 aromatic heterocycles. The molecule has 118 valence electrons. The van der Waals surface area contributed by atoms with E-state index in [0.29, 0.717) is 18.4 Å². The number of hydrogen-bond donors (Lipinski definition) is 2. The van der Waals surface area contributed by atoms with Gasteiger partial charge in [0.05, 0.1) is 5.69 Å². The van der Waals surface area contributed by atoms with Crippen molar-refractivity contribution in [2.24, 2.45) is 11.8 Å². The first-order chi connectivity index (χ1) is 10.1. The maximum absolute atomic E-state index is 14.2. The number of piperidine rings is 1. The summed E-state index contributed by atoms with van der Waals surface area (Å²) in [6.45, 7) is 8.03. The van der Waals surface area contributed by atoms with Crippen molar-refractivity contribution >= 4 is 5.69 Å². The first kappa shape index (κ1) is 16.2. The normalized spacial score (nSPS) is 22.6. The second kappa shape index (κ2) is 7.76. The molecule has 0 spiro atoms. The van der Waals surface area contributed by atoms with Crippen molar-refractivity contribution in [1.29, 1.82) is 0 Å². The number of halogens is 1. The van der Waals surface area contributed by atoms with E-state index in [2.05, 4.69) is 24.1 Å². The monoisotopic (exact) mass is 294 g/mol. The Morgan fingerprint density at radius 2 is 2.00 bits per heavy atom. The fourth-order valence-electron chi connectivity index (χ4n) is 3.21. The van der Waals surface area contributed by atoms with E-state index in [1.54, 1.807) is 6.07 Å². The number of benzene rings is 1. The second-order valence-corrected chi connectivity index (χ2v) is 6.39. The zero-order valence-corrected chi connectivity index (χ0v) is 13.1. The van der Waals surface area contributed by atoms with Crippen LogP contribution in [0.5, 0.6) is 0 Å². The van der Waals surface area contributed by atoms with Crippen LogP contribution in [0.3, 0.4) is 0 Å². The predicted molar refractivity (Wildman–Crippen MR) is 85.0 cm³/mol. The van der Waals surface area contributed by atoms with Crippen LogP contribution in [-0.2, 0) is 6.54 Å². The van der Waals surface area contributed by atoms with E-state index in [-0.39, 0.29) is 12.4 Å². The molecular weight excluding hydrogens is 267 g/mol. The fourth-order valence-corrected chi connectivity index (χ4v) is 3.21. The third kappa shape index (κ3) is 4.68. The number of aliphatic hydroxyl groups is 1. The molecule has 0 aliphatic carbocycles. The van der Waals surface area contributed by atoms with Crippen LogP contribution in [0.15, 0.2) is 18.2 Å². The van der Waals surface area contributed by atoms with Crippen LogP contribution in [0.4, 0.5) is 10.1 Å². The van der Waals surface area contributed by atoms with E-state index in [1.807, 2.05) is 12.1 Å². The van der Waals surface area contributed by atoms with Crippen LogP contribution in [0.2, 0.25) is 0 Å². The van der Waals surface area contributed by atoms with Gasteiger partial charge in [-0.2, -0.15) is 0 Å². The summed E-state index contributed by atoms with van der Waals surface area (Å²) < 4.78 is 14.2. The van der Waals surface area contributed by atoms with E-state index in [0.717, 1.165) is 37.3 Å². The minimum Gasteiger partial charge on any atom is -0.396 e. The molecule has 21 heavy (non-hydrogen) atoms. The smallest absolute Gasteiger partial charge is 0.146 e. The number of anilines is 1. The van der Waals surface area contributed by atoms with Gasteiger partial charge in [0.1, 0.15) is 5.82 Å². The molecule has 1 saturated heterocycles. The van der Waals surface area contributed by atoms with Crippen molar-refractivity contribution in [3.63, 3.8) is 0 Å². The lowest BCUT2D eigenvalue weighted by atomic mass is 9.91. The molecule has 1 aliphatic heterocycles. The van der Waals surface area contributed by atoms with E-state index < -0.39 is 0 Å². The van der Waals surface area contributed by atoms with Gasteiger partial charge in [0.2, 0.25) is 0 Å². The summed E-state index contributed by atoms with van der Waals surface area (Å²) in [6.07, 6.45) is 1.97. The van der Waals surface area contributed by atoms with Crippen LogP contribution in [-0.4, -0.2) is 31.3 Å². The molecule has 1 aromatic carbocycles. The lowest BCUT2D eigenvalue weighted by molar-refractivity contribution is 0.286. The van der Waals surface area contributed by atoms with E-state index >= 15 is 0 Å². The molecule has 0 amide bonds. The molecule has 1 aromatic rings. The number of nitrogens with one attached hydrogen (secondary N) is 1. The van der Waals surface area contributed by atoms with Gasteiger partial charge in [-0.1, -0.05) is 19.9 Å². The van der Waals surface area contributed by atoms with Crippen LogP contribution >= 0.6 is 0 Å². The Bertz CT molecular complexity index is 442. The van der Waals surface area contributed by atoms with Gasteiger partial charge in [0, 0.05) is 26.2 Å². The Kier molecular flexibility index (Phi) is 6.00. The lowest BCUT2D eigenvalue weighted by Gasteiger charge is -2.37. The maximum atomic E-state index is 14.2. The Labute approximate surface area is 127 Å². The molecule has 2 unspecified atom stereocenters. The van der Waals surface area contributed by atoms with Crippen LogP contribution in [0.1, 0.15) is 32.3 Å². The van der Waals surface area contributed by atoms with Gasteiger partial charge in [-0.25, -0.2) is 4.39 Å². The molecule has 1 heterocycles. The minimum absolute atomic E-state index is 0.129. The first-order valence-corrected chi connectivity index (χ1v) is 7.95. The van der Waals surface area contributed by atoms with Gasteiger partial charge in [-0.3, -0.25) is 0 Å². The molecule has 0 radical (unpaired) electrons. The Morgan fingerprint density at radius 3 is 2.67 bits per heavy atom. The highest BCUT2D eigenvalue weighted by Gasteiger charge is 2.23. The summed E-state index contributed by atoms with van der Waals surface area (Å²) in [5.74, 6) is 1.09. The average Bonchev–Trinajstić information content (AvgIpc) is 2.44. The fraction of sp³-hybridized carbons (Fsp3) is 0.647. The Morgan fingerprint density at radius 1 is 1.29 bits per heavy atom. The van der Waals surface area contributed by atoms with Gasteiger partial charge in [0.15, 0.2) is 0 Å². The lowest BCUT2D eigenvalue weighted by Crippen LogP contribution is -2.39. The molecule has 4 heteroatoms. The highest BCUT2D eigenvalue weighted by Crippen LogP contribution is 2.28. The highest BCUT2D eigenvalue weighted by atomic mass is 19.1. The molecule has 1 fully saturated rings. The summed E-state index contributed by atoms with van der Waals surface area (Å²) in [5.41, 5.74) is 1.82. The summed E-state index contributed by atoms with van der Waals surface area (Å²) >= 11 is 0. The summed E-state index contributed by atoms with van der Waals surface area (Å²) in [6, 6.07) is 5.37. The van der Waals surface area contributed by atoms with Crippen molar-refractivity contribution in [2.75, 3.05) is 31.1 Å². The Hall–Kier alpha value is -1.13. The molecule has 0 bridgehead atoms. The molecule has 2 rings (SSSR count).